The summed E-state index contributed by atoms with van der Waals surface area (Å²) in [7, 11) is -3.17. The van der Waals surface area contributed by atoms with Crippen LogP contribution in [0.4, 0.5) is 0 Å². The topological polar surface area (TPSA) is 30.0 Å². The summed E-state index contributed by atoms with van der Waals surface area (Å²) in [4.78, 5) is 5.05. The average Bonchev–Trinajstić information content (AvgIpc) is 2.79. The second-order valence-electron chi connectivity index (χ2n) is 7.79. The zero-order valence-electron chi connectivity index (χ0n) is 17.0. The van der Waals surface area contributed by atoms with Crippen molar-refractivity contribution in [3.05, 3.63) is 108 Å². The van der Waals surface area contributed by atoms with Crippen LogP contribution < -0.4 is 16.0 Å². The Morgan fingerprint density at radius 3 is 1.73 bits per heavy atom. The summed E-state index contributed by atoms with van der Waals surface area (Å²) in [6.45, 7) is 4.16. The molecule has 0 bridgehead atoms. The Morgan fingerprint density at radius 2 is 1.13 bits per heavy atom. The molecule has 5 aromatic rings. The SMILES string of the molecule is Cc1ccc2c(c1)c(P(=O)(c1ccccc1)c1ccccc1)nc1ccc(C)cc12. The summed E-state index contributed by atoms with van der Waals surface area (Å²) in [6, 6.07) is 32.2. The number of hydrogen-bond donors (Lipinski definition) is 0. The number of benzene rings is 4. The lowest BCUT2D eigenvalue weighted by Gasteiger charge is -2.22. The molecule has 2 nitrogen and oxygen atoms in total. The Morgan fingerprint density at radius 1 is 0.600 bits per heavy atom. The van der Waals surface area contributed by atoms with Crippen molar-refractivity contribution in [1.29, 1.82) is 0 Å². The van der Waals surface area contributed by atoms with Crippen LogP contribution in [-0.2, 0) is 4.57 Å². The van der Waals surface area contributed by atoms with E-state index in [0.29, 0.717) is 5.44 Å². The smallest absolute Gasteiger partial charge is 0.189 e. The lowest BCUT2D eigenvalue weighted by atomic mass is 10.0. The molecule has 1 heterocycles. The van der Waals surface area contributed by atoms with E-state index in [0.717, 1.165) is 37.8 Å². The fourth-order valence-electron chi connectivity index (χ4n) is 4.12. The van der Waals surface area contributed by atoms with Crippen molar-refractivity contribution in [1.82, 2.24) is 4.98 Å². The largest absolute Gasteiger partial charge is 0.307 e. The van der Waals surface area contributed by atoms with Crippen LogP contribution >= 0.6 is 7.14 Å². The van der Waals surface area contributed by atoms with Crippen molar-refractivity contribution < 1.29 is 4.57 Å². The Bertz CT molecular complexity index is 1380. The fraction of sp³-hybridized carbons (Fsp3) is 0.0741. The van der Waals surface area contributed by atoms with Gasteiger partial charge in [0.15, 0.2) is 7.14 Å². The first-order chi connectivity index (χ1) is 14.6. The minimum Gasteiger partial charge on any atom is -0.307 e. The average molecular weight is 407 g/mol. The van der Waals surface area contributed by atoms with Gasteiger partial charge in [-0.2, -0.15) is 0 Å². The van der Waals surface area contributed by atoms with E-state index in [2.05, 4.69) is 44.2 Å². The molecular formula is C27H22NOP. The zero-order chi connectivity index (χ0) is 20.7. The van der Waals surface area contributed by atoms with Gasteiger partial charge < -0.3 is 4.57 Å². The molecule has 0 unspecified atom stereocenters. The molecule has 0 aliphatic rings. The number of rotatable bonds is 3. The van der Waals surface area contributed by atoms with E-state index in [1.165, 1.54) is 5.56 Å². The molecule has 0 atom stereocenters. The Hall–Kier alpha value is -3.22. The van der Waals surface area contributed by atoms with Gasteiger partial charge in [0.05, 0.1) is 5.52 Å². The van der Waals surface area contributed by atoms with Crippen molar-refractivity contribution in [3.63, 3.8) is 0 Å². The van der Waals surface area contributed by atoms with Crippen molar-refractivity contribution in [2.75, 3.05) is 0 Å². The molecule has 30 heavy (non-hydrogen) atoms. The minimum atomic E-state index is -3.17. The monoisotopic (exact) mass is 407 g/mol. The van der Waals surface area contributed by atoms with Gasteiger partial charge in [0.2, 0.25) is 0 Å². The van der Waals surface area contributed by atoms with Crippen LogP contribution in [0.2, 0.25) is 0 Å². The lowest BCUT2D eigenvalue weighted by molar-refractivity contribution is 0.592. The van der Waals surface area contributed by atoms with Gasteiger partial charge in [-0.3, -0.25) is 0 Å². The number of aryl methyl sites for hydroxylation is 2. The third-order valence-electron chi connectivity index (χ3n) is 5.62. The highest BCUT2D eigenvalue weighted by Gasteiger charge is 2.33. The predicted octanol–water partition coefficient (Wildman–Crippen LogP) is 5.64. The van der Waals surface area contributed by atoms with Crippen molar-refractivity contribution in [2.45, 2.75) is 13.8 Å². The molecule has 3 heteroatoms. The Kier molecular flexibility index (Phi) is 4.53. The van der Waals surface area contributed by atoms with Crippen LogP contribution in [0.3, 0.4) is 0 Å². The molecule has 0 N–H and O–H groups in total. The minimum absolute atomic E-state index is 0.662. The maximum atomic E-state index is 15.0. The Balaban J connectivity index is 1.97. The Labute approximate surface area is 176 Å². The second kappa shape index (κ2) is 7.23. The zero-order valence-corrected chi connectivity index (χ0v) is 17.9. The van der Waals surface area contributed by atoms with Gasteiger partial charge in [-0.15, -0.1) is 0 Å². The molecular weight excluding hydrogens is 385 g/mol. The van der Waals surface area contributed by atoms with Gasteiger partial charge in [-0.25, -0.2) is 4.98 Å². The molecule has 0 saturated heterocycles. The molecule has 146 valence electrons. The first kappa shape index (κ1) is 18.8. The summed E-state index contributed by atoms with van der Waals surface area (Å²) in [5.41, 5.74) is 3.85. The van der Waals surface area contributed by atoms with E-state index in [-0.39, 0.29) is 0 Å². The number of aromatic nitrogens is 1. The van der Waals surface area contributed by atoms with E-state index >= 15 is 0 Å². The van der Waals surface area contributed by atoms with Gasteiger partial charge in [-0.05, 0) is 37.4 Å². The maximum absolute atomic E-state index is 15.0. The normalized spacial score (nSPS) is 11.8. The fourth-order valence-corrected chi connectivity index (χ4v) is 6.87. The van der Waals surface area contributed by atoms with Crippen LogP contribution in [0.25, 0.3) is 21.7 Å². The van der Waals surface area contributed by atoms with Gasteiger partial charge in [0.25, 0.3) is 0 Å². The molecule has 0 radical (unpaired) electrons. The third kappa shape index (κ3) is 2.96. The van der Waals surface area contributed by atoms with E-state index in [1.54, 1.807) is 0 Å². The van der Waals surface area contributed by atoms with Crippen LogP contribution in [-0.4, -0.2) is 4.98 Å². The first-order valence-electron chi connectivity index (χ1n) is 10.1. The van der Waals surface area contributed by atoms with Gasteiger partial charge in [0.1, 0.15) is 5.44 Å². The number of pyridine rings is 1. The summed E-state index contributed by atoms with van der Waals surface area (Å²) in [5.74, 6) is 0. The summed E-state index contributed by atoms with van der Waals surface area (Å²) in [6.07, 6.45) is 0. The molecule has 4 aromatic carbocycles. The van der Waals surface area contributed by atoms with E-state index in [4.69, 9.17) is 4.98 Å². The molecule has 0 aliphatic heterocycles. The molecule has 0 spiro atoms. The van der Waals surface area contributed by atoms with Gasteiger partial charge in [0, 0.05) is 21.4 Å². The summed E-state index contributed by atoms with van der Waals surface area (Å²) < 4.78 is 15.0. The highest BCUT2D eigenvalue weighted by molar-refractivity contribution is 7.85. The third-order valence-corrected chi connectivity index (χ3v) is 8.61. The van der Waals surface area contributed by atoms with Gasteiger partial charge >= 0.3 is 0 Å². The highest BCUT2D eigenvalue weighted by atomic mass is 31.2. The molecule has 0 amide bonds. The number of hydrogen-bond acceptors (Lipinski definition) is 2. The van der Waals surface area contributed by atoms with Crippen LogP contribution in [0.15, 0.2) is 97.1 Å². The molecule has 1 aromatic heterocycles. The summed E-state index contributed by atoms with van der Waals surface area (Å²) >= 11 is 0. The van der Waals surface area contributed by atoms with Crippen LogP contribution in [0, 0.1) is 13.8 Å². The highest BCUT2D eigenvalue weighted by Crippen LogP contribution is 2.44. The predicted molar refractivity (Wildman–Crippen MR) is 128 cm³/mol. The number of fused-ring (bicyclic) bond motifs is 3. The first-order valence-corrected chi connectivity index (χ1v) is 11.8. The molecule has 0 saturated carbocycles. The van der Waals surface area contributed by atoms with Crippen molar-refractivity contribution in [3.8, 4) is 0 Å². The maximum Gasteiger partial charge on any atom is 0.189 e. The van der Waals surface area contributed by atoms with E-state index in [1.807, 2.05) is 66.7 Å². The van der Waals surface area contributed by atoms with E-state index < -0.39 is 7.14 Å². The van der Waals surface area contributed by atoms with Crippen molar-refractivity contribution in [2.24, 2.45) is 0 Å². The second-order valence-corrected chi connectivity index (χ2v) is 10.5. The van der Waals surface area contributed by atoms with Crippen LogP contribution in [0.5, 0.6) is 0 Å². The quantitative estimate of drug-likeness (QED) is 0.286. The molecule has 0 aliphatic carbocycles. The number of nitrogens with zero attached hydrogens (tertiary/aromatic N) is 1. The molecule has 0 fully saturated rings. The van der Waals surface area contributed by atoms with Crippen LogP contribution in [0.1, 0.15) is 11.1 Å². The lowest BCUT2D eigenvalue weighted by Crippen LogP contribution is -2.27. The van der Waals surface area contributed by atoms with E-state index in [9.17, 15) is 4.57 Å². The van der Waals surface area contributed by atoms with Gasteiger partial charge in [-0.1, -0.05) is 90.0 Å². The molecule has 5 rings (SSSR count). The van der Waals surface area contributed by atoms with Crippen molar-refractivity contribution >= 4 is 44.9 Å². The summed E-state index contributed by atoms with van der Waals surface area (Å²) in [5, 5.41) is 4.76. The standard InChI is InChI=1S/C27H22NOP/c1-19-13-15-23-24-17-20(2)14-16-26(24)28-27(25(23)18-19)30(29,21-9-5-3-6-10-21)22-11-7-4-8-12-22/h3-18H,1-2H3.